The quantitative estimate of drug-likeness (QED) is 0.779. The Kier molecular flexibility index (Phi) is 3.61. The van der Waals surface area contributed by atoms with Crippen LogP contribution >= 0.6 is 0 Å². The molecule has 0 aliphatic carbocycles. The van der Waals surface area contributed by atoms with E-state index < -0.39 is 10.0 Å². The molecule has 25 heavy (non-hydrogen) atoms. The standard InChI is InChI=1S/C17H15N5O2S/c1-12-10-17-19-9-7-16(22(17)20-12)21-25(23,24)15-4-2-13(3-5-15)14-6-8-18-11-14/h2-7,9-11,21H,8H2,1H3. The van der Waals surface area contributed by atoms with Crippen LogP contribution in [0.4, 0.5) is 5.82 Å². The number of fused-ring (bicyclic) bond motifs is 1. The van der Waals surface area contributed by atoms with E-state index in [1.807, 2.05) is 13.0 Å². The van der Waals surface area contributed by atoms with Gasteiger partial charge in [-0.25, -0.2) is 13.4 Å². The van der Waals surface area contributed by atoms with Crippen molar-refractivity contribution in [1.29, 1.82) is 0 Å². The third kappa shape index (κ3) is 2.91. The molecule has 1 aliphatic heterocycles. The first-order chi connectivity index (χ1) is 12.0. The highest BCUT2D eigenvalue weighted by Gasteiger charge is 2.17. The summed E-state index contributed by atoms with van der Waals surface area (Å²) < 4.78 is 29.4. The summed E-state index contributed by atoms with van der Waals surface area (Å²) in [5, 5.41) is 4.26. The average Bonchev–Trinajstić information content (AvgIpc) is 3.24. The van der Waals surface area contributed by atoms with Crippen molar-refractivity contribution in [3.05, 3.63) is 59.9 Å². The van der Waals surface area contributed by atoms with Crippen LogP contribution in [-0.2, 0) is 10.0 Å². The molecule has 0 bridgehead atoms. The number of hydrogen-bond donors (Lipinski definition) is 1. The number of anilines is 1. The zero-order valence-corrected chi connectivity index (χ0v) is 14.2. The Hall–Kier alpha value is -3.00. The van der Waals surface area contributed by atoms with E-state index >= 15 is 0 Å². The van der Waals surface area contributed by atoms with Gasteiger partial charge in [-0.1, -0.05) is 18.2 Å². The van der Waals surface area contributed by atoms with E-state index in [4.69, 9.17) is 0 Å². The van der Waals surface area contributed by atoms with Crippen LogP contribution in [0.2, 0.25) is 0 Å². The van der Waals surface area contributed by atoms with Crippen molar-refractivity contribution in [3.8, 4) is 0 Å². The summed E-state index contributed by atoms with van der Waals surface area (Å²) in [7, 11) is -3.73. The molecule has 126 valence electrons. The first kappa shape index (κ1) is 15.5. The van der Waals surface area contributed by atoms with Crippen LogP contribution in [0.15, 0.2) is 58.6 Å². The van der Waals surface area contributed by atoms with E-state index in [0.717, 1.165) is 16.8 Å². The summed E-state index contributed by atoms with van der Waals surface area (Å²) in [5.41, 5.74) is 3.28. The topological polar surface area (TPSA) is 88.7 Å². The molecule has 0 saturated heterocycles. The lowest BCUT2D eigenvalue weighted by Gasteiger charge is -2.10. The lowest BCUT2D eigenvalue weighted by molar-refractivity contribution is 0.600. The lowest BCUT2D eigenvalue weighted by Crippen LogP contribution is -2.15. The normalized spacial score (nSPS) is 14.0. The van der Waals surface area contributed by atoms with Crippen molar-refractivity contribution in [3.63, 3.8) is 0 Å². The molecule has 1 N–H and O–H groups in total. The number of benzene rings is 1. The van der Waals surface area contributed by atoms with Crippen molar-refractivity contribution in [1.82, 2.24) is 14.6 Å². The minimum absolute atomic E-state index is 0.181. The zero-order valence-electron chi connectivity index (χ0n) is 13.4. The summed E-state index contributed by atoms with van der Waals surface area (Å²) in [6.45, 7) is 2.49. The molecule has 8 heteroatoms. The maximum Gasteiger partial charge on any atom is 0.263 e. The predicted molar refractivity (Wildman–Crippen MR) is 96.3 cm³/mol. The minimum atomic E-state index is -3.73. The molecule has 0 atom stereocenters. The first-order valence-corrected chi connectivity index (χ1v) is 9.16. The third-order valence-corrected chi connectivity index (χ3v) is 5.23. The predicted octanol–water partition coefficient (Wildman–Crippen LogP) is 2.31. The first-order valence-electron chi connectivity index (χ1n) is 7.67. The fraction of sp³-hybridized carbons (Fsp3) is 0.118. The fourth-order valence-corrected chi connectivity index (χ4v) is 3.70. The number of aromatic nitrogens is 3. The average molecular weight is 353 g/mol. The van der Waals surface area contributed by atoms with Gasteiger partial charge in [0, 0.05) is 18.5 Å². The third-order valence-electron chi connectivity index (χ3n) is 3.86. The number of rotatable bonds is 4. The van der Waals surface area contributed by atoms with E-state index in [0.29, 0.717) is 18.0 Å². The van der Waals surface area contributed by atoms with Crippen LogP contribution in [0.25, 0.3) is 11.2 Å². The van der Waals surface area contributed by atoms with Crippen molar-refractivity contribution in [2.75, 3.05) is 11.3 Å². The lowest BCUT2D eigenvalue weighted by atomic mass is 10.1. The molecule has 4 rings (SSSR count). The molecular formula is C17H15N5O2S. The summed E-state index contributed by atoms with van der Waals surface area (Å²) >= 11 is 0. The second kappa shape index (κ2) is 5.82. The Labute approximate surface area is 144 Å². The summed E-state index contributed by atoms with van der Waals surface area (Å²) in [5.74, 6) is 0.341. The number of aryl methyl sites for hydroxylation is 1. The molecule has 0 unspecified atom stereocenters. The van der Waals surface area contributed by atoms with Crippen LogP contribution in [0.3, 0.4) is 0 Å². The molecule has 0 radical (unpaired) electrons. The Bertz CT molecular complexity index is 1110. The zero-order chi connectivity index (χ0) is 17.4. The summed E-state index contributed by atoms with van der Waals surface area (Å²) in [6.07, 6.45) is 5.33. The van der Waals surface area contributed by atoms with Gasteiger partial charge in [0.2, 0.25) is 0 Å². The molecule has 3 heterocycles. The van der Waals surface area contributed by atoms with Crippen LogP contribution in [0, 0.1) is 6.92 Å². The molecular weight excluding hydrogens is 338 g/mol. The monoisotopic (exact) mass is 353 g/mol. The number of sulfonamides is 1. The summed E-state index contributed by atoms with van der Waals surface area (Å²) in [6, 6.07) is 10.1. The van der Waals surface area contributed by atoms with E-state index in [-0.39, 0.29) is 4.90 Å². The molecule has 0 spiro atoms. The SMILES string of the molecule is Cc1cc2nccc(NS(=O)(=O)c3ccc(C4=CCN=C4)cc3)n2n1. The molecule has 2 aromatic heterocycles. The van der Waals surface area contributed by atoms with E-state index in [1.54, 1.807) is 48.8 Å². The maximum absolute atomic E-state index is 12.7. The Morgan fingerprint density at radius 1 is 1.16 bits per heavy atom. The second-order valence-corrected chi connectivity index (χ2v) is 7.35. The van der Waals surface area contributed by atoms with Crippen molar-refractivity contribution in [2.24, 2.45) is 4.99 Å². The largest absolute Gasteiger partial charge is 0.288 e. The number of nitrogens with zero attached hydrogens (tertiary/aromatic N) is 4. The molecule has 1 aliphatic rings. The Morgan fingerprint density at radius 2 is 1.96 bits per heavy atom. The van der Waals surface area contributed by atoms with Gasteiger partial charge in [-0.2, -0.15) is 9.61 Å². The van der Waals surface area contributed by atoms with Gasteiger partial charge in [-0.15, -0.1) is 0 Å². The van der Waals surface area contributed by atoms with Gasteiger partial charge >= 0.3 is 0 Å². The number of hydrogen-bond acceptors (Lipinski definition) is 5. The van der Waals surface area contributed by atoms with Gasteiger partial charge in [0.1, 0.15) is 5.82 Å². The van der Waals surface area contributed by atoms with Crippen LogP contribution in [0.1, 0.15) is 11.3 Å². The van der Waals surface area contributed by atoms with Crippen molar-refractivity contribution >= 4 is 33.3 Å². The Morgan fingerprint density at radius 3 is 2.68 bits per heavy atom. The van der Waals surface area contributed by atoms with E-state index in [1.165, 1.54) is 4.52 Å². The highest BCUT2D eigenvalue weighted by atomic mass is 32.2. The van der Waals surface area contributed by atoms with E-state index in [9.17, 15) is 8.42 Å². The van der Waals surface area contributed by atoms with Gasteiger partial charge in [0.15, 0.2) is 5.65 Å². The Balaban J connectivity index is 1.66. The van der Waals surface area contributed by atoms with Crippen LogP contribution < -0.4 is 4.72 Å². The number of nitrogens with one attached hydrogen (secondary N) is 1. The van der Waals surface area contributed by atoms with Crippen molar-refractivity contribution < 1.29 is 8.42 Å². The van der Waals surface area contributed by atoms with Crippen molar-refractivity contribution in [2.45, 2.75) is 11.8 Å². The molecule has 7 nitrogen and oxygen atoms in total. The van der Waals surface area contributed by atoms with E-state index in [2.05, 4.69) is 19.8 Å². The van der Waals surface area contributed by atoms with Crippen LogP contribution in [-0.4, -0.2) is 35.8 Å². The highest BCUT2D eigenvalue weighted by Crippen LogP contribution is 2.21. The van der Waals surface area contributed by atoms with Gasteiger partial charge in [-0.3, -0.25) is 9.71 Å². The second-order valence-electron chi connectivity index (χ2n) is 5.67. The maximum atomic E-state index is 12.7. The smallest absolute Gasteiger partial charge is 0.263 e. The fourth-order valence-electron chi connectivity index (χ4n) is 2.66. The van der Waals surface area contributed by atoms with Gasteiger partial charge in [0.25, 0.3) is 10.0 Å². The van der Waals surface area contributed by atoms with Gasteiger partial charge in [-0.05, 0) is 36.3 Å². The van der Waals surface area contributed by atoms with Gasteiger partial charge in [0.05, 0.1) is 17.1 Å². The molecule has 0 fully saturated rings. The number of allylic oxidation sites excluding steroid dienone is 1. The number of aliphatic imine (C=N–C) groups is 1. The molecule has 0 amide bonds. The minimum Gasteiger partial charge on any atom is -0.288 e. The molecule has 0 saturated carbocycles. The molecule has 3 aromatic rings. The molecule has 1 aromatic carbocycles. The highest BCUT2D eigenvalue weighted by molar-refractivity contribution is 7.92. The summed E-state index contributed by atoms with van der Waals surface area (Å²) in [4.78, 5) is 8.48. The van der Waals surface area contributed by atoms with Gasteiger partial charge < -0.3 is 0 Å². The van der Waals surface area contributed by atoms with Crippen LogP contribution in [0.5, 0.6) is 0 Å².